The number of hydrogen-bond donors (Lipinski definition) is 4. The molecule has 3 aromatic carbocycles. The molecule has 0 radical (unpaired) electrons. The van der Waals surface area contributed by atoms with Gasteiger partial charge in [-0.3, -0.25) is 14.4 Å². The highest BCUT2D eigenvalue weighted by Gasteiger charge is 2.35. The average Bonchev–Trinajstić information content (AvgIpc) is 3.04. The van der Waals surface area contributed by atoms with Crippen LogP contribution in [-0.4, -0.2) is 83.9 Å². The third kappa shape index (κ3) is 10.9. The van der Waals surface area contributed by atoms with Crippen LogP contribution in [0.5, 0.6) is 0 Å². The van der Waals surface area contributed by atoms with E-state index in [9.17, 15) is 33.4 Å². The molecule has 0 heterocycles. The van der Waals surface area contributed by atoms with Gasteiger partial charge in [-0.05, 0) is 86.2 Å². The molecule has 0 saturated heterocycles. The van der Waals surface area contributed by atoms with Gasteiger partial charge in [-0.1, -0.05) is 32.0 Å². The first-order valence-corrected chi connectivity index (χ1v) is 15.8. The fourth-order valence-corrected chi connectivity index (χ4v) is 5.46. The number of hydrogen-bond acceptors (Lipinski definition) is 6. The quantitative estimate of drug-likeness (QED) is 0.171. The van der Waals surface area contributed by atoms with Crippen LogP contribution in [0.1, 0.15) is 75.3 Å². The number of benzene rings is 3. The minimum Gasteiger partial charge on any atom is -0.388 e. The Morgan fingerprint density at radius 1 is 0.787 bits per heavy atom. The SMILES string of the molecule is CCCN(CCC)C(=O)c1cc(C)cc(C(=O)NC(Cc2cc(F)cc(F)c2)C(O)C(O)C(CCOC)NC(=O)c2ccccc2)c1. The smallest absolute Gasteiger partial charge is 0.253 e. The van der Waals surface area contributed by atoms with Crippen molar-refractivity contribution in [2.75, 3.05) is 26.8 Å². The predicted octanol–water partition coefficient (Wildman–Crippen LogP) is 4.43. The molecule has 0 spiro atoms. The minimum absolute atomic E-state index is 0.109. The van der Waals surface area contributed by atoms with Crippen LogP contribution in [0, 0.1) is 18.6 Å². The number of ether oxygens (including phenoxy) is 1. The molecule has 4 unspecified atom stereocenters. The number of carbonyl (C=O) groups is 3. The predicted molar refractivity (Wildman–Crippen MR) is 175 cm³/mol. The number of amides is 3. The lowest BCUT2D eigenvalue weighted by Crippen LogP contribution is -2.57. The Labute approximate surface area is 274 Å². The number of nitrogens with zero attached hydrogens (tertiary/aromatic N) is 1. The van der Waals surface area contributed by atoms with Gasteiger partial charge in [0.05, 0.1) is 12.1 Å². The molecule has 11 heteroatoms. The zero-order valence-electron chi connectivity index (χ0n) is 27.3. The maximum Gasteiger partial charge on any atom is 0.253 e. The summed E-state index contributed by atoms with van der Waals surface area (Å²) < 4.78 is 33.4. The van der Waals surface area contributed by atoms with Gasteiger partial charge in [0, 0.05) is 49.6 Å². The fourth-order valence-electron chi connectivity index (χ4n) is 5.46. The van der Waals surface area contributed by atoms with Gasteiger partial charge in [-0.25, -0.2) is 8.78 Å². The number of aliphatic hydroxyl groups excluding tert-OH is 2. The van der Waals surface area contributed by atoms with Gasteiger partial charge in [0.2, 0.25) is 0 Å². The van der Waals surface area contributed by atoms with Gasteiger partial charge in [0.25, 0.3) is 17.7 Å². The topological polar surface area (TPSA) is 128 Å². The van der Waals surface area contributed by atoms with Gasteiger partial charge >= 0.3 is 0 Å². The first-order valence-electron chi connectivity index (χ1n) is 15.8. The largest absolute Gasteiger partial charge is 0.388 e. The molecular formula is C36H45F2N3O6. The summed E-state index contributed by atoms with van der Waals surface area (Å²) in [5.41, 5.74) is 1.56. The first kappa shape index (κ1) is 37.3. The lowest BCUT2D eigenvalue weighted by molar-refractivity contribution is -0.0269. The lowest BCUT2D eigenvalue weighted by atomic mass is 9.92. The molecular weight excluding hydrogens is 608 g/mol. The Hall–Kier alpha value is -4.19. The highest BCUT2D eigenvalue weighted by Crippen LogP contribution is 2.19. The number of rotatable bonds is 17. The molecule has 0 aliphatic heterocycles. The summed E-state index contributed by atoms with van der Waals surface area (Å²) in [6, 6.07) is 13.6. The molecule has 4 atom stereocenters. The fraction of sp³-hybridized carbons (Fsp3) is 0.417. The molecule has 0 bridgehead atoms. The Kier molecular flexibility index (Phi) is 14.5. The summed E-state index contributed by atoms with van der Waals surface area (Å²) in [5, 5.41) is 28.3. The Morgan fingerprint density at radius 3 is 1.94 bits per heavy atom. The Balaban J connectivity index is 1.94. The lowest BCUT2D eigenvalue weighted by Gasteiger charge is -2.33. The van der Waals surface area contributed by atoms with Crippen LogP contribution in [-0.2, 0) is 11.2 Å². The number of aliphatic hydroxyl groups is 2. The van der Waals surface area contributed by atoms with Crippen molar-refractivity contribution in [3.8, 4) is 0 Å². The molecule has 0 fully saturated rings. The third-order valence-corrected chi connectivity index (χ3v) is 7.72. The molecule has 3 rings (SSSR count). The van der Waals surface area contributed by atoms with Crippen molar-refractivity contribution in [3.05, 3.63) is 106 Å². The van der Waals surface area contributed by atoms with Gasteiger partial charge in [0.15, 0.2) is 0 Å². The van der Waals surface area contributed by atoms with Crippen molar-refractivity contribution in [3.63, 3.8) is 0 Å². The highest BCUT2D eigenvalue weighted by molar-refractivity contribution is 6.00. The van der Waals surface area contributed by atoms with Gasteiger partial charge in [-0.2, -0.15) is 0 Å². The van der Waals surface area contributed by atoms with E-state index in [0.717, 1.165) is 25.0 Å². The monoisotopic (exact) mass is 653 g/mol. The van der Waals surface area contributed by atoms with Crippen molar-refractivity contribution < 1.29 is 38.1 Å². The standard InChI is InChI=1S/C36H45F2N3O6/c1-5-13-41(14-6-2)36(46)27-17-23(3)16-26(21-27)35(45)40-31(20-24-18-28(37)22-29(38)19-24)33(43)32(42)30(12-15-47-4)39-34(44)25-10-8-7-9-11-25/h7-11,16-19,21-22,30-33,42-43H,5-6,12-15,20H2,1-4H3,(H,39,44)(H,40,45). The minimum atomic E-state index is -1.71. The van der Waals surface area contributed by atoms with Crippen molar-refractivity contribution in [2.24, 2.45) is 0 Å². The summed E-state index contributed by atoms with van der Waals surface area (Å²) in [6.45, 7) is 6.94. The second-order valence-electron chi connectivity index (χ2n) is 11.7. The highest BCUT2D eigenvalue weighted by atomic mass is 19.1. The van der Waals surface area contributed by atoms with E-state index in [1.54, 1.807) is 54.3 Å². The molecule has 0 aliphatic rings. The zero-order valence-corrected chi connectivity index (χ0v) is 27.3. The molecule has 9 nitrogen and oxygen atoms in total. The number of halogens is 2. The van der Waals surface area contributed by atoms with Gasteiger partial charge in [0.1, 0.15) is 23.8 Å². The van der Waals surface area contributed by atoms with Crippen molar-refractivity contribution in [2.45, 2.75) is 70.7 Å². The van der Waals surface area contributed by atoms with Crippen LogP contribution in [0.25, 0.3) is 0 Å². The molecule has 3 amide bonds. The summed E-state index contributed by atoms with van der Waals surface area (Å²) in [6.07, 6.45) is -1.96. The van der Waals surface area contributed by atoms with E-state index < -0.39 is 47.7 Å². The van der Waals surface area contributed by atoms with Crippen molar-refractivity contribution in [1.82, 2.24) is 15.5 Å². The molecule has 4 N–H and O–H groups in total. The summed E-state index contributed by atoms with van der Waals surface area (Å²) >= 11 is 0. The third-order valence-electron chi connectivity index (χ3n) is 7.72. The van der Waals surface area contributed by atoms with Crippen LogP contribution in [0.2, 0.25) is 0 Å². The Bertz CT molecular complexity index is 1460. The van der Waals surface area contributed by atoms with E-state index in [0.29, 0.717) is 35.8 Å². The Morgan fingerprint density at radius 2 is 1.34 bits per heavy atom. The van der Waals surface area contributed by atoms with Crippen LogP contribution in [0.4, 0.5) is 8.78 Å². The molecule has 0 aromatic heterocycles. The second-order valence-corrected chi connectivity index (χ2v) is 11.7. The second kappa shape index (κ2) is 18.2. The molecule has 47 heavy (non-hydrogen) atoms. The number of aryl methyl sites for hydroxylation is 1. The molecule has 0 aliphatic carbocycles. The van der Waals surface area contributed by atoms with Crippen LogP contribution in [0.15, 0.2) is 66.7 Å². The van der Waals surface area contributed by atoms with Gasteiger partial charge in [-0.15, -0.1) is 0 Å². The summed E-state index contributed by atoms with van der Waals surface area (Å²) in [5.74, 6) is -3.08. The summed E-state index contributed by atoms with van der Waals surface area (Å²) in [4.78, 5) is 41.7. The van der Waals surface area contributed by atoms with Crippen molar-refractivity contribution >= 4 is 17.7 Å². The normalized spacial score (nSPS) is 13.7. The zero-order chi connectivity index (χ0) is 34.5. The molecule has 254 valence electrons. The van der Waals surface area contributed by atoms with E-state index in [2.05, 4.69) is 10.6 Å². The van der Waals surface area contributed by atoms with Crippen LogP contribution >= 0.6 is 0 Å². The maximum atomic E-state index is 14.1. The number of carbonyl (C=O) groups excluding carboxylic acids is 3. The number of nitrogens with one attached hydrogen (secondary N) is 2. The van der Waals surface area contributed by atoms with Crippen LogP contribution in [0.3, 0.4) is 0 Å². The van der Waals surface area contributed by atoms with Crippen LogP contribution < -0.4 is 10.6 Å². The van der Waals surface area contributed by atoms with E-state index in [4.69, 9.17) is 4.74 Å². The van der Waals surface area contributed by atoms with E-state index >= 15 is 0 Å². The summed E-state index contributed by atoms with van der Waals surface area (Å²) in [7, 11) is 1.45. The maximum absolute atomic E-state index is 14.1. The number of methoxy groups -OCH3 is 1. The molecule has 0 saturated carbocycles. The van der Waals surface area contributed by atoms with Crippen molar-refractivity contribution in [1.29, 1.82) is 0 Å². The van der Waals surface area contributed by atoms with Gasteiger partial charge < -0.3 is 30.5 Å². The van der Waals surface area contributed by atoms with E-state index in [-0.39, 0.29) is 36.5 Å². The first-order chi connectivity index (χ1) is 22.5. The van der Waals surface area contributed by atoms with E-state index in [1.807, 2.05) is 13.8 Å². The molecule has 3 aromatic rings. The van der Waals surface area contributed by atoms with E-state index in [1.165, 1.54) is 13.2 Å². The average molecular weight is 654 g/mol.